The minimum Gasteiger partial charge on any atom is -0.433 e. The third-order valence-corrected chi connectivity index (χ3v) is 5.62. The maximum atomic E-state index is 13.8. The SMILES string of the molecule is CCCC(F)(F)Oc1ccc(-c2cc(C(=O)CNC(C)[C@H](C)CO)nc(-c3cccnc3)n2)cc1. The molecule has 2 N–H and O–H groups in total. The van der Waals surface area contributed by atoms with Gasteiger partial charge >= 0.3 is 6.11 Å². The van der Waals surface area contributed by atoms with E-state index in [2.05, 4.69) is 20.3 Å². The molecule has 0 amide bonds. The van der Waals surface area contributed by atoms with Crippen LogP contribution in [-0.2, 0) is 0 Å². The van der Waals surface area contributed by atoms with Gasteiger partial charge in [-0.25, -0.2) is 9.97 Å². The number of halogens is 2. The molecule has 1 unspecified atom stereocenters. The van der Waals surface area contributed by atoms with Gasteiger partial charge in [-0.2, -0.15) is 8.78 Å². The highest BCUT2D eigenvalue weighted by molar-refractivity contribution is 5.97. The second-order valence-corrected chi connectivity index (χ2v) is 8.47. The second kappa shape index (κ2) is 11.9. The highest BCUT2D eigenvalue weighted by Gasteiger charge is 2.30. The van der Waals surface area contributed by atoms with E-state index in [9.17, 15) is 18.7 Å². The summed E-state index contributed by atoms with van der Waals surface area (Å²) in [5.74, 6) is 0.113. The number of benzene rings is 1. The molecule has 0 radical (unpaired) electrons. The fraction of sp³-hybridized carbons (Fsp3) is 0.385. The molecule has 0 bridgehead atoms. The Morgan fingerprint density at radius 1 is 1.14 bits per heavy atom. The molecule has 3 rings (SSSR count). The first-order valence-corrected chi connectivity index (χ1v) is 11.6. The largest absolute Gasteiger partial charge is 0.433 e. The Morgan fingerprint density at radius 2 is 1.89 bits per heavy atom. The van der Waals surface area contributed by atoms with Gasteiger partial charge in [0.15, 0.2) is 11.6 Å². The maximum Gasteiger partial charge on any atom is 0.397 e. The van der Waals surface area contributed by atoms with Gasteiger partial charge in [0.2, 0.25) is 0 Å². The second-order valence-electron chi connectivity index (χ2n) is 8.47. The van der Waals surface area contributed by atoms with Crippen LogP contribution in [0.4, 0.5) is 8.78 Å². The van der Waals surface area contributed by atoms with Crippen LogP contribution in [0.3, 0.4) is 0 Å². The summed E-state index contributed by atoms with van der Waals surface area (Å²) >= 11 is 0. The number of ether oxygens (including phenoxy) is 1. The number of hydrogen-bond donors (Lipinski definition) is 2. The zero-order valence-corrected chi connectivity index (χ0v) is 20.0. The first kappa shape index (κ1) is 26.3. The van der Waals surface area contributed by atoms with Crippen molar-refractivity contribution in [2.75, 3.05) is 13.2 Å². The Hall–Kier alpha value is -3.30. The molecule has 0 aliphatic heterocycles. The van der Waals surface area contributed by atoms with Crippen molar-refractivity contribution in [1.82, 2.24) is 20.3 Å². The summed E-state index contributed by atoms with van der Waals surface area (Å²) in [7, 11) is 0. The van der Waals surface area contributed by atoms with Gasteiger partial charge in [0, 0.05) is 36.2 Å². The van der Waals surface area contributed by atoms with Crippen molar-refractivity contribution in [2.45, 2.75) is 45.8 Å². The Bertz CT molecular complexity index is 1110. The third kappa shape index (κ3) is 7.34. The van der Waals surface area contributed by atoms with Crippen LogP contribution in [-0.4, -0.2) is 51.1 Å². The van der Waals surface area contributed by atoms with Crippen molar-refractivity contribution < 1.29 is 23.4 Å². The average Bonchev–Trinajstić information content (AvgIpc) is 2.86. The molecule has 0 aliphatic rings. The fourth-order valence-corrected chi connectivity index (χ4v) is 3.27. The summed E-state index contributed by atoms with van der Waals surface area (Å²) in [6.07, 6.45) is -0.0871. The molecular formula is C26H30F2N4O3. The summed E-state index contributed by atoms with van der Waals surface area (Å²) in [5.41, 5.74) is 1.93. The van der Waals surface area contributed by atoms with Crippen LogP contribution >= 0.6 is 0 Å². The van der Waals surface area contributed by atoms with E-state index in [-0.39, 0.29) is 48.8 Å². The highest BCUT2D eigenvalue weighted by atomic mass is 19.3. The lowest BCUT2D eigenvalue weighted by Crippen LogP contribution is -2.37. The van der Waals surface area contributed by atoms with E-state index >= 15 is 0 Å². The monoisotopic (exact) mass is 484 g/mol. The Balaban J connectivity index is 1.90. The Kier molecular flexibility index (Phi) is 8.95. The number of Topliss-reactive ketones (excluding diaryl/α,β-unsaturated/α-hetero) is 1. The molecule has 7 nitrogen and oxygen atoms in total. The first-order valence-electron chi connectivity index (χ1n) is 11.6. The van der Waals surface area contributed by atoms with Crippen molar-refractivity contribution in [3.63, 3.8) is 0 Å². The van der Waals surface area contributed by atoms with Gasteiger partial charge in [0.05, 0.1) is 18.7 Å². The molecule has 35 heavy (non-hydrogen) atoms. The van der Waals surface area contributed by atoms with Gasteiger partial charge in [-0.05, 0) is 61.7 Å². The standard InChI is InChI=1S/C26H30F2N4O3/c1-4-11-26(27,28)35-21-9-7-19(8-10-21)22-13-23(24(34)15-30-18(3)17(2)16-33)32-25(31-22)20-6-5-12-29-14-20/h5-10,12-14,17-18,30,33H,4,11,15-16H2,1-3H3/t17-,18?/m1/s1. The molecule has 0 saturated heterocycles. The predicted octanol–water partition coefficient (Wildman–Crippen LogP) is 4.77. The minimum atomic E-state index is -3.24. The maximum absolute atomic E-state index is 13.8. The third-order valence-electron chi connectivity index (χ3n) is 5.62. The van der Waals surface area contributed by atoms with E-state index in [0.29, 0.717) is 29.1 Å². The number of hydrogen-bond acceptors (Lipinski definition) is 7. The molecule has 0 spiro atoms. The number of ketones is 1. The van der Waals surface area contributed by atoms with Crippen LogP contribution in [0.1, 0.15) is 44.1 Å². The number of nitrogens with zero attached hydrogens (tertiary/aromatic N) is 3. The summed E-state index contributed by atoms with van der Waals surface area (Å²) < 4.78 is 32.4. The van der Waals surface area contributed by atoms with Crippen molar-refractivity contribution in [2.24, 2.45) is 5.92 Å². The Morgan fingerprint density at radius 3 is 2.51 bits per heavy atom. The minimum absolute atomic E-state index is 0.00918. The van der Waals surface area contributed by atoms with Crippen LogP contribution in [0.2, 0.25) is 0 Å². The molecule has 3 aromatic rings. The molecule has 2 atom stereocenters. The Labute approximate surface area is 203 Å². The van der Waals surface area contributed by atoms with Gasteiger partial charge < -0.3 is 15.2 Å². The zero-order chi connectivity index (χ0) is 25.4. The quantitative estimate of drug-likeness (QED) is 0.358. The van der Waals surface area contributed by atoms with E-state index in [1.807, 2.05) is 13.8 Å². The van der Waals surface area contributed by atoms with Crippen LogP contribution in [0.15, 0.2) is 54.9 Å². The predicted molar refractivity (Wildman–Crippen MR) is 129 cm³/mol. The van der Waals surface area contributed by atoms with Gasteiger partial charge in [0.25, 0.3) is 0 Å². The molecule has 9 heteroatoms. The molecule has 0 fully saturated rings. The zero-order valence-electron chi connectivity index (χ0n) is 20.0. The lowest BCUT2D eigenvalue weighted by atomic mass is 10.0. The lowest BCUT2D eigenvalue weighted by molar-refractivity contribution is -0.180. The number of carbonyl (C=O) groups excluding carboxylic acids is 1. The first-order chi connectivity index (χ1) is 16.7. The van der Waals surface area contributed by atoms with E-state index in [0.717, 1.165) is 0 Å². The van der Waals surface area contributed by atoms with Crippen molar-refractivity contribution in [3.8, 4) is 28.4 Å². The van der Waals surface area contributed by atoms with Crippen molar-refractivity contribution in [1.29, 1.82) is 0 Å². The number of carbonyl (C=O) groups is 1. The number of pyridine rings is 1. The molecule has 2 heterocycles. The van der Waals surface area contributed by atoms with Gasteiger partial charge in [-0.3, -0.25) is 9.78 Å². The van der Waals surface area contributed by atoms with Gasteiger partial charge in [-0.1, -0.05) is 13.8 Å². The van der Waals surface area contributed by atoms with Crippen LogP contribution < -0.4 is 10.1 Å². The molecule has 186 valence electrons. The van der Waals surface area contributed by atoms with Gasteiger partial charge in [-0.15, -0.1) is 0 Å². The lowest BCUT2D eigenvalue weighted by Gasteiger charge is -2.18. The average molecular weight is 485 g/mol. The van der Waals surface area contributed by atoms with E-state index in [1.165, 1.54) is 12.1 Å². The topological polar surface area (TPSA) is 97.2 Å². The van der Waals surface area contributed by atoms with E-state index in [1.54, 1.807) is 49.6 Å². The number of nitrogens with one attached hydrogen (secondary N) is 1. The van der Waals surface area contributed by atoms with Gasteiger partial charge in [0.1, 0.15) is 11.4 Å². The van der Waals surface area contributed by atoms with Crippen LogP contribution in [0, 0.1) is 5.92 Å². The number of aliphatic hydroxyl groups is 1. The smallest absolute Gasteiger partial charge is 0.397 e. The van der Waals surface area contributed by atoms with E-state index < -0.39 is 6.11 Å². The summed E-state index contributed by atoms with van der Waals surface area (Å²) in [6, 6.07) is 11.2. The molecule has 0 aliphatic carbocycles. The van der Waals surface area contributed by atoms with Crippen LogP contribution in [0.25, 0.3) is 22.6 Å². The van der Waals surface area contributed by atoms with Crippen molar-refractivity contribution in [3.05, 3.63) is 60.6 Å². The molecule has 2 aromatic heterocycles. The number of aromatic nitrogens is 3. The summed E-state index contributed by atoms with van der Waals surface area (Å²) in [4.78, 5) is 26.1. The summed E-state index contributed by atoms with van der Waals surface area (Å²) in [5, 5.41) is 12.4. The summed E-state index contributed by atoms with van der Waals surface area (Å²) in [6.45, 7) is 5.49. The van der Waals surface area contributed by atoms with E-state index in [4.69, 9.17) is 4.74 Å². The molecule has 0 saturated carbocycles. The normalized spacial score (nSPS) is 13.3. The fourth-order valence-electron chi connectivity index (χ4n) is 3.27. The molecular weight excluding hydrogens is 454 g/mol. The number of alkyl halides is 2. The van der Waals surface area contributed by atoms with Crippen LogP contribution in [0.5, 0.6) is 5.75 Å². The van der Waals surface area contributed by atoms with Crippen molar-refractivity contribution >= 4 is 5.78 Å². The number of rotatable bonds is 12. The number of aliphatic hydroxyl groups excluding tert-OH is 1. The highest BCUT2D eigenvalue weighted by Crippen LogP contribution is 2.29. The molecule has 1 aromatic carbocycles.